The minimum atomic E-state index is 0.485. The van der Waals surface area contributed by atoms with Crippen molar-refractivity contribution in [1.82, 2.24) is 15.2 Å². The van der Waals surface area contributed by atoms with E-state index >= 15 is 0 Å². The third-order valence-electron chi connectivity index (χ3n) is 1.66. The van der Waals surface area contributed by atoms with Gasteiger partial charge in [0, 0.05) is 28.5 Å². The number of nitrogens with one attached hydrogen (secondary N) is 1. The van der Waals surface area contributed by atoms with Crippen LogP contribution in [0.1, 0.15) is 0 Å². The van der Waals surface area contributed by atoms with Crippen LogP contribution in [0, 0.1) is 0 Å². The number of halogens is 1. The van der Waals surface area contributed by atoms with Gasteiger partial charge in [-0.3, -0.25) is 10.1 Å². The molecule has 0 saturated carbocycles. The van der Waals surface area contributed by atoms with Gasteiger partial charge in [-0.15, -0.1) is 0 Å². The molecule has 0 bridgehead atoms. The van der Waals surface area contributed by atoms with Crippen molar-refractivity contribution < 1.29 is 0 Å². The molecule has 3 N–H and O–H groups in total. The highest BCUT2D eigenvalue weighted by atomic mass is 79.9. The van der Waals surface area contributed by atoms with Crippen LogP contribution in [0.3, 0.4) is 0 Å². The quantitative estimate of drug-likeness (QED) is 0.797. The second-order valence-electron chi connectivity index (χ2n) is 2.56. The van der Waals surface area contributed by atoms with E-state index in [2.05, 4.69) is 31.1 Å². The smallest absolute Gasteiger partial charge is 0.145 e. The molecule has 0 fully saturated rings. The molecule has 0 aliphatic carbocycles. The predicted octanol–water partition coefficient (Wildman–Crippen LogP) is 1.82. The van der Waals surface area contributed by atoms with Gasteiger partial charge in [-0.05, 0) is 22.0 Å². The van der Waals surface area contributed by atoms with E-state index in [1.165, 1.54) is 0 Å². The van der Waals surface area contributed by atoms with Crippen LogP contribution in [0.5, 0.6) is 0 Å². The Labute approximate surface area is 83.3 Å². The molecule has 4 nitrogen and oxygen atoms in total. The van der Waals surface area contributed by atoms with Crippen LogP contribution in [0.15, 0.2) is 29.0 Å². The zero-order valence-corrected chi connectivity index (χ0v) is 8.25. The van der Waals surface area contributed by atoms with Crippen LogP contribution in [-0.2, 0) is 0 Å². The predicted molar refractivity (Wildman–Crippen MR) is 53.9 cm³/mol. The van der Waals surface area contributed by atoms with Crippen LogP contribution < -0.4 is 5.73 Å². The Hall–Kier alpha value is -1.36. The number of aromatic amines is 1. The fourth-order valence-electron chi connectivity index (χ4n) is 1.07. The molecule has 5 heteroatoms. The van der Waals surface area contributed by atoms with E-state index < -0.39 is 0 Å². The molecule has 0 aromatic carbocycles. The maximum absolute atomic E-state index is 5.49. The highest BCUT2D eigenvalue weighted by Crippen LogP contribution is 2.25. The number of H-pyrrole nitrogens is 1. The molecular formula is C8H7BrN4. The van der Waals surface area contributed by atoms with Crippen LogP contribution in [0.2, 0.25) is 0 Å². The zero-order chi connectivity index (χ0) is 9.26. The second-order valence-corrected chi connectivity index (χ2v) is 3.42. The lowest BCUT2D eigenvalue weighted by Crippen LogP contribution is -1.81. The minimum Gasteiger partial charge on any atom is -0.382 e. The monoisotopic (exact) mass is 238 g/mol. The maximum Gasteiger partial charge on any atom is 0.145 e. The molecule has 0 aliphatic rings. The van der Waals surface area contributed by atoms with Crippen molar-refractivity contribution in [3.05, 3.63) is 29.0 Å². The van der Waals surface area contributed by atoms with Gasteiger partial charge in [-0.25, -0.2) is 0 Å². The molecule has 2 aromatic heterocycles. The topological polar surface area (TPSA) is 67.6 Å². The van der Waals surface area contributed by atoms with Crippen molar-refractivity contribution in [2.75, 3.05) is 5.73 Å². The highest BCUT2D eigenvalue weighted by Gasteiger charge is 2.04. The van der Waals surface area contributed by atoms with Crippen molar-refractivity contribution in [2.45, 2.75) is 0 Å². The van der Waals surface area contributed by atoms with Gasteiger partial charge in [0.15, 0.2) is 0 Å². The lowest BCUT2D eigenvalue weighted by atomic mass is 10.2. The Bertz CT molecular complexity index is 424. The molecule has 0 unspecified atom stereocenters. The number of hydrogen-bond acceptors (Lipinski definition) is 3. The average Bonchev–Trinajstić information content (AvgIpc) is 2.53. The summed E-state index contributed by atoms with van der Waals surface area (Å²) >= 11 is 3.39. The van der Waals surface area contributed by atoms with Crippen molar-refractivity contribution >= 4 is 21.7 Å². The third-order valence-corrected chi connectivity index (χ3v) is 2.29. The first-order chi connectivity index (χ1) is 6.27. The number of nitrogen functional groups attached to an aromatic ring is 1. The van der Waals surface area contributed by atoms with Gasteiger partial charge < -0.3 is 5.73 Å². The number of nitrogens with two attached hydrogens (primary N) is 1. The summed E-state index contributed by atoms with van der Waals surface area (Å²) in [6, 6.07) is 3.66. The Morgan fingerprint density at radius 3 is 2.92 bits per heavy atom. The molecule has 0 spiro atoms. The van der Waals surface area contributed by atoms with Crippen molar-refractivity contribution in [1.29, 1.82) is 0 Å². The summed E-state index contributed by atoms with van der Waals surface area (Å²) in [5.74, 6) is 0.485. The Morgan fingerprint density at radius 1 is 1.46 bits per heavy atom. The third kappa shape index (κ3) is 1.55. The molecule has 0 atom stereocenters. The summed E-state index contributed by atoms with van der Waals surface area (Å²) in [6.45, 7) is 0. The summed E-state index contributed by atoms with van der Waals surface area (Å²) in [4.78, 5) is 3.96. The van der Waals surface area contributed by atoms with Crippen molar-refractivity contribution in [2.24, 2.45) is 0 Å². The normalized spacial score (nSPS) is 10.2. The lowest BCUT2D eigenvalue weighted by molar-refractivity contribution is 1.10. The molecule has 13 heavy (non-hydrogen) atoms. The lowest BCUT2D eigenvalue weighted by Gasteiger charge is -1.98. The molecule has 2 rings (SSSR count). The molecule has 2 aromatic rings. The van der Waals surface area contributed by atoms with Gasteiger partial charge in [0.25, 0.3) is 0 Å². The maximum atomic E-state index is 5.49. The molecule has 66 valence electrons. The van der Waals surface area contributed by atoms with Crippen LogP contribution in [0.25, 0.3) is 11.3 Å². The van der Waals surface area contributed by atoms with E-state index in [-0.39, 0.29) is 0 Å². The molecule has 2 heterocycles. The standard InChI is InChI=1S/C8H7BrN4/c9-6-4-11-2-1-5(6)7-3-8(10)13-12-7/h1-4H,(H3,10,12,13). The summed E-state index contributed by atoms with van der Waals surface area (Å²) in [7, 11) is 0. The van der Waals surface area contributed by atoms with Gasteiger partial charge >= 0.3 is 0 Å². The highest BCUT2D eigenvalue weighted by molar-refractivity contribution is 9.10. The molecule has 0 saturated heterocycles. The number of hydrogen-bond donors (Lipinski definition) is 2. The minimum absolute atomic E-state index is 0.485. The summed E-state index contributed by atoms with van der Waals surface area (Å²) < 4.78 is 0.915. The van der Waals surface area contributed by atoms with Gasteiger partial charge in [0.2, 0.25) is 0 Å². The van der Waals surface area contributed by atoms with Crippen LogP contribution in [0.4, 0.5) is 5.82 Å². The first-order valence-corrected chi connectivity index (χ1v) is 4.47. The van der Waals surface area contributed by atoms with Gasteiger partial charge in [0.1, 0.15) is 5.82 Å². The van der Waals surface area contributed by atoms with E-state index in [9.17, 15) is 0 Å². The van der Waals surface area contributed by atoms with E-state index in [0.717, 1.165) is 15.7 Å². The zero-order valence-electron chi connectivity index (χ0n) is 6.66. The second kappa shape index (κ2) is 3.18. The van der Waals surface area contributed by atoms with E-state index in [1.807, 2.05) is 6.07 Å². The molecule has 0 radical (unpaired) electrons. The molecule has 0 aliphatic heterocycles. The average molecular weight is 239 g/mol. The molecule has 0 amide bonds. The fraction of sp³-hybridized carbons (Fsp3) is 0. The number of rotatable bonds is 1. The van der Waals surface area contributed by atoms with Crippen LogP contribution >= 0.6 is 15.9 Å². The fourth-order valence-corrected chi connectivity index (χ4v) is 1.53. The first kappa shape index (κ1) is 8.25. The van der Waals surface area contributed by atoms with Gasteiger partial charge in [0.05, 0.1) is 5.69 Å². The Kier molecular flexibility index (Phi) is 2.02. The van der Waals surface area contributed by atoms with E-state index in [1.54, 1.807) is 18.5 Å². The SMILES string of the molecule is Nc1cc(-c2ccncc2Br)[nH]n1. The summed E-state index contributed by atoms with van der Waals surface area (Å²) in [6.07, 6.45) is 3.45. The van der Waals surface area contributed by atoms with E-state index in [4.69, 9.17) is 5.73 Å². The van der Waals surface area contributed by atoms with E-state index in [0.29, 0.717) is 5.82 Å². The van der Waals surface area contributed by atoms with Gasteiger partial charge in [-0.1, -0.05) is 0 Å². The molecular weight excluding hydrogens is 232 g/mol. The van der Waals surface area contributed by atoms with Crippen LogP contribution in [-0.4, -0.2) is 15.2 Å². The Balaban J connectivity index is 2.52. The number of aromatic nitrogens is 3. The van der Waals surface area contributed by atoms with Crippen molar-refractivity contribution in [3.8, 4) is 11.3 Å². The number of pyridine rings is 1. The largest absolute Gasteiger partial charge is 0.382 e. The number of nitrogens with zero attached hydrogens (tertiary/aromatic N) is 2. The Morgan fingerprint density at radius 2 is 2.31 bits per heavy atom. The summed E-state index contributed by atoms with van der Waals surface area (Å²) in [5.41, 5.74) is 7.37. The van der Waals surface area contributed by atoms with Gasteiger partial charge in [-0.2, -0.15) is 5.10 Å². The first-order valence-electron chi connectivity index (χ1n) is 3.68. The van der Waals surface area contributed by atoms with Crippen molar-refractivity contribution in [3.63, 3.8) is 0 Å². The summed E-state index contributed by atoms with van der Waals surface area (Å²) in [5, 5.41) is 6.68. The number of anilines is 1.